The van der Waals surface area contributed by atoms with Gasteiger partial charge in [-0.25, -0.2) is 9.37 Å². The second-order valence-electron chi connectivity index (χ2n) is 5.80. The molecule has 0 saturated carbocycles. The highest BCUT2D eigenvalue weighted by atomic mass is 79.9. The van der Waals surface area contributed by atoms with Gasteiger partial charge in [0.05, 0.1) is 4.32 Å². The SMILES string of the molecule is FC(F)(F)C1=CC(C(F)(C(F)(F)F)C(F)(F)F)=CC(Br)(c2cccnc2Cl)C1. The second-order valence-corrected chi connectivity index (χ2v) is 7.58. The maximum Gasteiger partial charge on any atom is 0.435 e. The highest BCUT2D eigenvalue weighted by molar-refractivity contribution is 9.09. The topological polar surface area (TPSA) is 12.9 Å². The number of halogens is 12. The van der Waals surface area contributed by atoms with Gasteiger partial charge in [0, 0.05) is 29.3 Å². The van der Waals surface area contributed by atoms with E-state index in [1.807, 2.05) is 0 Å². The lowest BCUT2D eigenvalue weighted by Gasteiger charge is -2.37. The van der Waals surface area contributed by atoms with Crippen LogP contribution < -0.4 is 0 Å². The van der Waals surface area contributed by atoms with Crippen molar-refractivity contribution in [2.75, 3.05) is 0 Å². The Kier molecular flexibility index (Phi) is 5.66. The fourth-order valence-electron chi connectivity index (χ4n) is 2.59. The average Bonchev–Trinajstić information content (AvgIpc) is 2.50. The standard InChI is InChI=1S/C15H7BrClF10N/c16-11(9-2-1-3-28-10(9)17)5-7(4-8(6-11)13(19,20)21)12(18,14(22,23)24)15(25,26)27/h1-5H,6H2. The van der Waals surface area contributed by atoms with E-state index in [0.717, 1.165) is 18.3 Å². The van der Waals surface area contributed by atoms with Gasteiger partial charge >= 0.3 is 24.2 Å². The molecule has 1 heterocycles. The van der Waals surface area contributed by atoms with Crippen LogP contribution in [0.1, 0.15) is 12.0 Å². The molecule has 0 N–H and O–H groups in total. The number of nitrogens with zero attached hydrogens (tertiary/aromatic N) is 1. The highest BCUT2D eigenvalue weighted by Crippen LogP contribution is 2.56. The van der Waals surface area contributed by atoms with Crippen LogP contribution in [-0.4, -0.2) is 29.2 Å². The molecule has 0 aromatic carbocycles. The molecule has 1 aliphatic carbocycles. The lowest BCUT2D eigenvalue weighted by Crippen LogP contribution is -2.55. The van der Waals surface area contributed by atoms with Crippen molar-refractivity contribution < 1.29 is 43.9 Å². The molecule has 28 heavy (non-hydrogen) atoms. The molecule has 0 radical (unpaired) electrons. The third-order valence-electron chi connectivity index (χ3n) is 3.91. The Morgan fingerprint density at radius 3 is 1.93 bits per heavy atom. The summed E-state index contributed by atoms with van der Waals surface area (Å²) in [5.74, 6) is 0. The summed E-state index contributed by atoms with van der Waals surface area (Å²) in [6, 6.07) is 2.19. The zero-order chi connectivity index (χ0) is 21.8. The van der Waals surface area contributed by atoms with Gasteiger partial charge in [0.2, 0.25) is 0 Å². The fourth-order valence-corrected chi connectivity index (χ4v) is 3.86. The Balaban J connectivity index is 2.83. The zero-order valence-corrected chi connectivity index (χ0v) is 15.4. The first-order valence-electron chi connectivity index (χ1n) is 7.07. The molecule has 0 spiro atoms. The average molecular weight is 507 g/mol. The number of rotatable bonds is 2. The molecule has 1 aliphatic rings. The third kappa shape index (κ3) is 3.89. The van der Waals surface area contributed by atoms with E-state index in [2.05, 4.69) is 20.9 Å². The molecule has 1 aromatic rings. The minimum Gasteiger partial charge on any atom is -0.244 e. The number of alkyl halides is 11. The van der Waals surface area contributed by atoms with Crippen molar-refractivity contribution in [3.8, 4) is 0 Å². The molecule has 0 saturated heterocycles. The fraction of sp³-hybridized carbons (Fsp3) is 0.400. The molecule has 0 aliphatic heterocycles. The molecule has 1 atom stereocenters. The van der Waals surface area contributed by atoms with Crippen LogP contribution in [0.2, 0.25) is 5.15 Å². The van der Waals surface area contributed by atoms with Crippen LogP contribution in [0.4, 0.5) is 43.9 Å². The minimum absolute atomic E-state index is 0.0894. The number of hydrogen-bond donors (Lipinski definition) is 0. The van der Waals surface area contributed by atoms with Gasteiger partial charge < -0.3 is 0 Å². The van der Waals surface area contributed by atoms with E-state index in [0.29, 0.717) is 0 Å². The molecule has 13 heteroatoms. The van der Waals surface area contributed by atoms with Gasteiger partial charge in [-0.05, 0) is 12.1 Å². The molecule has 0 fully saturated rings. The maximum absolute atomic E-state index is 14.4. The first kappa shape index (κ1) is 23.0. The quantitative estimate of drug-likeness (QED) is 0.240. The van der Waals surface area contributed by atoms with Crippen LogP contribution in [-0.2, 0) is 4.32 Å². The molecule has 1 aromatic heterocycles. The van der Waals surface area contributed by atoms with Gasteiger partial charge in [-0.2, -0.15) is 39.5 Å². The molecular formula is C15H7BrClF10N. The number of allylic oxidation sites excluding steroid dienone is 4. The lowest BCUT2D eigenvalue weighted by atomic mass is 9.80. The first-order chi connectivity index (χ1) is 12.4. The monoisotopic (exact) mass is 505 g/mol. The summed E-state index contributed by atoms with van der Waals surface area (Å²) in [6.07, 6.45) is -18.9. The van der Waals surface area contributed by atoms with Crippen molar-refractivity contribution in [1.29, 1.82) is 0 Å². The van der Waals surface area contributed by atoms with Crippen molar-refractivity contribution in [3.63, 3.8) is 0 Å². The molecule has 1 nitrogen and oxygen atoms in total. The van der Waals surface area contributed by atoms with E-state index in [1.54, 1.807) is 0 Å². The van der Waals surface area contributed by atoms with Gasteiger partial charge in [-0.15, -0.1) is 0 Å². The van der Waals surface area contributed by atoms with Crippen LogP contribution >= 0.6 is 27.5 Å². The van der Waals surface area contributed by atoms with Crippen LogP contribution in [0.5, 0.6) is 0 Å². The summed E-state index contributed by atoms with van der Waals surface area (Å²) < 4.78 is 130. The van der Waals surface area contributed by atoms with Crippen LogP contribution in [0.25, 0.3) is 0 Å². The summed E-state index contributed by atoms with van der Waals surface area (Å²) in [4.78, 5) is 3.54. The second kappa shape index (κ2) is 6.89. The van der Waals surface area contributed by atoms with Crippen LogP contribution in [0.3, 0.4) is 0 Å². The number of hydrogen-bond acceptors (Lipinski definition) is 1. The molecular weight excluding hydrogens is 500 g/mol. The van der Waals surface area contributed by atoms with Crippen molar-refractivity contribution >= 4 is 27.5 Å². The predicted octanol–water partition coefficient (Wildman–Crippen LogP) is 6.98. The van der Waals surface area contributed by atoms with Gasteiger partial charge in [0.25, 0.3) is 0 Å². The first-order valence-corrected chi connectivity index (χ1v) is 8.24. The Morgan fingerprint density at radius 2 is 1.50 bits per heavy atom. The molecule has 2 rings (SSSR count). The van der Waals surface area contributed by atoms with E-state index >= 15 is 0 Å². The zero-order valence-electron chi connectivity index (χ0n) is 13.1. The Labute approximate surface area is 164 Å². The van der Waals surface area contributed by atoms with Crippen LogP contribution in [0.15, 0.2) is 41.6 Å². The Morgan fingerprint density at radius 1 is 0.964 bits per heavy atom. The summed E-state index contributed by atoms with van der Waals surface area (Å²) in [5, 5.41) is -0.484. The van der Waals surface area contributed by atoms with Gasteiger partial charge in [0.1, 0.15) is 5.15 Å². The van der Waals surface area contributed by atoms with Crippen molar-refractivity contribution in [3.05, 3.63) is 52.3 Å². The summed E-state index contributed by atoms with van der Waals surface area (Å²) >= 11 is 8.45. The van der Waals surface area contributed by atoms with Gasteiger partial charge in [-0.3, -0.25) is 0 Å². The van der Waals surface area contributed by atoms with E-state index in [9.17, 15) is 43.9 Å². The van der Waals surface area contributed by atoms with Crippen molar-refractivity contribution in [2.24, 2.45) is 0 Å². The highest BCUT2D eigenvalue weighted by Gasteiger charge is 2.74. The molecule has 1 unspecified atom stereocenters. The Hall–Kier alpha value is -1.30. The van der Waals surface area contributed by atoms with Gasteiger partial charge in [0.15, 0.2) is 0 Å². The molecule has 156 valence electrons. The smallest absolute Gasteiger partial charge is 0.244 e. The largest absolute Gasteiger partial charge is 0.435 e. The van der Waals surface area contributed by atoms with E-state index in [1.165, 1.54) is 0 Å². The summed E-state index contributed by atoms with van der Waals surface area (Å²) in [5.41, 5.74) is -10.5. The normalized spacial score (nSPS) is 22.0. The van der Waals surface area contributed by atoms with E-state index < -0.39 is 57.3 Å². The van der Waals surface area contributed by atoms with Crippen LogP contribution in [0, 0.1) is 0 Å². The van der Waals surface area contributed by atoms with Gasteiger partial charge in [-0.1, -0.05) is 39.7 Å². The molecule has 0 bridgehead atoms. The minimum atomic E-state index is -6.58. The number of aromatic nitrogens is 1. The Bertz CT molecular complexity index is 809. The third-order valence-corrected chi connectivity index (χ3v) is 5.15. The maximum atomic E-state index is 14.4. The molecule has 0 amide bonds. The van der Waals surface area contributed by atoms with E-state index in [-0.39, 0.29) is 11.6 Å². The van der Waals surface area contributed by atoms with Crippen molar-refractivity contribution in [1.82, 2.24) is 4.98 Å². The lowest BCUT2D eigenvalue weighted by molar-refractivity contribution is -0.325. The van der Waals surface area contributed by atoms with E-state index in [4.69, 9.17) is 11.6 Å². The van der Waals surface area contributed by atoms with Crippen molar-refractivity contribution in [2.45, 2.75) is 34.9 Å². The number of pyridine rings is 1. The predicted molar refractivity (Wildman–Crippen MR) is 82.6 cm³/mol. The summed E-state index contributed by atoms with van der Waals surface area (Å²) in [6.45, 7) is 0. The summed E-state index contributed by atoms with van der Waals surface area (Å²) in [7, 11) is 0.